The number of aryl methyl sites for hydroxylation is 1. The Morgan fingerprint density at radius 3 is 2.37 bits per heavy atom. The standard InChI is InChI=1S/C25H22F2N4O3S/c1-15-23-21(25(32)28-13-16-2-6-18(26)7-3-16)12-22(17-4-8-19(27)9-5-17)29-24(23)31(30-15)20-10-11-35(33,34)14-20/h2-9,12,20H,10-11,13-14H2,1H3,(H,28,32)/t20-/m0/s1. The predicted molar refractivity (Wildman–Crippen MR) is 128 cm³/mol. The van der Waals surface area contributed by atoms with E-state index in [0.717, 1.165) is 5.56 Å². The molecule has 5 rings (SSSR count). The SMILES string of the molecule is Cc1nn([C@H]2CCS(=O)(=O)C2)c2nc(-c3ccc(F)cc3)cc(C(=O)NCc3ccc(F)cc3)c12. The fourth-order valence-corrected chi connectivity index (χ4v) is 6.06. The van der Waals surface area contributed by atoms with Crippen LogP contribution in [0.3, 0.4) is 0 Å². The van der Waals surface area contributed by atoms with Crippen molar-refractivity contribution in [1.29, 1.82) is 0 Å². The Balaban J connectivity index is 1.60. The zero-order valence-electron chi connectivity index (χ0n) is 18.8. The van der Waals surface area contributed by atoms with Crippen LogP contribution in [0, 0.1) is 18.6 Å². The summed E-state index contributed by atoms with van der Waals surface area (Å²) in [5.41, 5.74) is 3.04. The van der Waals surface area contributed by atoms with Crippen molar-refractivity contribution in [3.05, 3.63) is 83.1 Å². The second kappa shape index (κ2) is 8.84. The molecule has 10 heteroatoms. The van der Waals surface area contributed by atoms with Crippen LogP contribution in [0.1, 0.15) is 34.1 Å². The highest BCUT2D eigenvalue weighted by molar-refractivity contribution is 7.91. The highest BCUT2D eigenvalue weighted by atomic mass is 32.2. The molecule has 0 spiro atoms. The molecule has 0 unspecified atom stereocenters. The van der Waals surface area contributed by atoms with E-state index in [9.17, 15) is 22.0 Å². The van der Waals surface area contributed by atoms with Crippen molar-refractivity contribution in [2.75, 3.05) is 11.5 Å². The number of pyridine rings is 1. The molecule has 1 aliphatic heterocycles. The van der Waals surface area contributed by atoms with Crippen molar-refractivity contribution in [3.63, 3.8) is 0 Å². The van der Waals surface area contributed by atoms with Crippen LogP contribution in [-0.4, -0.2) is 40.6 Å². The smallest absolute Gasteiger partial charge is 0.252 e. The normalized spacial score (nSPS) is 17.1. The summed E-state index contributed by atoms with van der Waals surface area (Å²) >= 11 is 0. The number of sulfone groups is 1. The first kappa shape index (κ1) is 23.1. The van der Waals surface area contributed by atoms with Crippen LogP contribution in [0.25, 0.3) is 22.3 Å². The molecule has 2 aromatic carbocycles. The molecule has 1 atom stereocenters. The largest absolute Gasteiger partial charge is 0.348 e. The Labute approximate surface area is 200 Å². The maximum atomic E-state index is 13.5. The summed E-state index contributed by atoms with van der Waals surface area (Å²) in [7, 11) is -3.18. The number of halogens is 2. The molecule has 0 saturated carbocycles. The fourth-order valence-electron chi connectivity index (χ4n) is 4.36. The maximum Gasteiger partial charge on any atom is 0.252 e. The van der Waals surface area contributed by atoms with Gasteiger partial charge in [-0.05, 0) is 61.4 Å². The van der Waals surface area contributed by atoms with Crippen LogP contribution in [0.2, 0.25) is 0 Å². The van der Waals surface area contributed by atoms with E-state index in [4.69, 9.17) is 4.98 Å². The zero-order chi connectivity index (χ0) is 24.7. The number of aromatic nitrogens is 3. The lowest BCUT2D eigenvalue weighted by atomic mass is 10.0. The lowest BCUT2D eigenvalue weighted by molar-refractivity contribution is 0.0952. The van der Waals surface area contributed by atoms with Crippen LogP contribution in [-0.2, 0) is 16.4 Å². The van der Waals surface area contributed by atoms with Crippen LogP contribution >= 0.6 is 0 Å². The van der Waals surface area contributed by atoms with Crippen molar-refractivity contribution < 1.29 is 22.0 Å². The lowest BCUT2D eigenvalue weighted by Crippen LogP contribution is -2.23. The fraction of sp³-hybridized carbons (Fsp3) is 0.240. The van der Waals surface area contributed by atoms with Crippen LogP contribution < -0.4 is 5.32 Å². The van der Waals surface area contributed by atoms with Gasteiger partial charge in [0.15, 0.2) is 15.5 Å². The molecular formula is C25H22F2N4O3S. The van der Waals surface area contributed by atoms with E-state index in [1.54, 1.807) is 41.9 Å². The van der Waals surface area contributed by atoms with Crippen molar-refractivity contribution in [3.8, 4) is 11.3 Å². The second-order valence-corrected chi connectivity index (χ2v) is 10.9. The number of amides is 1. The van der Waals surface area contributed by atoms with E-state index in [0.29, 0.717) is 40.0 Å². The molecule has 2 aromatic heterocycles. The van der Waals surface area contributed by atoms with E-state index in [-0.39, 0.29) is 35.8 Å². The minimum atomic E-state index is -3.18. The van der Waals surface area contributed by atoms with Crippen molar-refractivity contribution >= 4 is 26.8 Å². The van der Waals surface area contributed by atoms with Gasteiger partial charge in [-0.25, -0.2) is 26.9 Å². The third-order valence-electron chi connectivity index (χ3n) is 6.14. The molecule has 1 aliphatic rings. The molecule has 1 amide bonds. The number of carbonyl (C=O) groups is 1. The summed E-state index contributed by atoms with van der Waals surface area (Å²) in [6, 6.07) is 12.8. The third-order valence-corrected chi connectivity index (χ3v) is 7.89. The first-order valence-corrected chi connectivity index (χ1v) is 12.9. The third kappa shape index (κ3) is 4.66. The maximum absolute atomic E-state index is 13.5. The van der Waals surface area contributed by atoms with E-state index in [1.165, 1.54) is 24.3 Å². The molecule has 1 fully saturated rings. The number of nitrogens with one attached hydrogen (secondary N) is 1. The van der Waals surface area contributed by atoms with Gasteiger partial charge in [-0.1, -0.05) is 12.1 Å². The molecule has 0 bridgehead atoms. The minimum absolute atomic E-state index is 0.0439. The molecule has 1 N–H and O–H groups in total. The van der Waals surface area contributed by atoms with Gasteiger partial charge in [0.2, 0.25) is 0 Å². The Bertz CT molecular complexity index is 1530. The van der Waals surface area contributed by atoms with Gasteiger partial charge in [-0.2, -0.15) is 5.10 Å². The van der Waals surface area contributed by atoms with Gasteiger partial charge in [0.1, 0.15) is 11.6 Å². The number of carbonyl (C=O) groups excluding carboxylic acids is 1. The van der Waals surface area contributed by atoms with Crippen molar-refractivity contribution in [1.82, 2.24) is 20.1 Å². The topological polar surface area (TPSA) is 93.9 Å². The number of nitrogens with zero attached hydrogens (tertiary/aromatic N) is 3. The number of fused-ring (bicyclic) bond motifs is 1. The van der Waals surface area contributed by atoms with Crippen LogP contribution in [0.5, 0.6) is 0 Å². The van der Waals surface area contributed by atoms with Gasteiger partial charge < -0.3 is 5.32 Å². The van der Waals surface area contributed by atoms with Crippen molar-refractivity contribution in [2.45, 2.75) is 25.9 Å². The molecule has 180 valence electrons. The van der Waals surface area contributed by atoms with E-state index in [2.05, 4.69) is 10.4 Å². The number of hydrogen-bond acceptors (Lipinski definition) is 5. The highest BCUT2D eigenvalue weighted by Crippen LogP contribution is 2.32. The van der Waals surface area contributed by atoms with Gasteiger partial charge in [0, 0.05) is 12.1 Å². The molecule has 1 saturated heterocycles. The molecule has 0 radical (unpaired) electrons. The summed E-state index contributed by atoms with van der Waals surface area (Å²) in [6.07, 6.45) is 0.410. The Kier molecular flexibility index (Phi) is 5.84. The Morgan fingerprint density at radius 1 is 1.09 bits per heavy atom. The quantitative estimate of drug-likeness (QED) is 0.451. The van der Waals surface area contributed by atoms with E-state index >= 15 is 0 Å². The molecule has 7 nitrogen and oxygen atoms in total. The Hall–Kier alpha value is -3.66. The number of hydrogen-bond donors (Lipinski definition) is 1. The molecule has 0 aliphatic carbocycles. The minimum Gasteiger partial charge on any atom is -0.348 e. The Morgan fingerprint density at radius 2 is 1.74 bits per heavy atom. The molecule has 3 heterocycles. The van der Waals surface area contributed by atoms with Gasteiger partial charge in [0.25, 0.3) is 5.91 Å². The number of benzene rings is 2. The first-order chi connectivity index (χ1) is 16.7. The van der Waals surface area contributed by atoms with E-state index < -0.39 is 15.7 Å². The summed E-state index contributed by atoms with van der Waals surface area (Å²) < 4.78 is 52.5. The number of rotatable bonds is 5. The van der Waals surface area contributed by atoms with Gasteiger partial charge in [-0.15, -0.1) is 0 Å². The first-order valence-electron chi connectivity index (χ1n) is 11.1. The summed E-state index contributed by atoms with van der Waals surface area (Å²) in [5, 5.41) is 7.94. The van der Waals surface area contributed by atoms with Gasteiger partial charge >= 0.3 is 0 Å². The summed E-state index contributed by atoms with van der Waals surface area (Å²) in [5.74, 6) is -1.12. The second-order valence-electron chi connectivity index (χ2n) is 8.66. The molecule has 4 aromatic rings. The predicted octanol–water partition coefficient (Wildman–Crippen LogP) is 3.97. The molecule has 35 heavy (non-hydrogen) atoms. The average Bonchev–Trinajstić information content (AvgIpc) is 3.37. The van der Waals surface area contributed by atoms with Crippen LogP contribution in [0.4, 0.5) is 8.78 Å². The zero-order valence-corrected chi connectivity index (χ0v) is 19.6. The highest BCUT2D eigenvalue weighted by Gasteiger charge is 2.32. The van der Waals surface area contributed by atoms with Crippen LogP contribution in [0.15, 0.2) is 54.6 Å². The summed E-state index contributed by atoms with van der Waals surface area (Å²) in [4.78, 5) is 18.0. The van der Waals surface area contributed by atoms with Gasteiger partial charge in [0.05, 0.1) is 39.9 Å². The molecular weight excluding hydrogens is 474 g/mol. The summed E-state index contributed by atoms with van der Waals surface area (Å²) in [6.45, 7) is 1.93. The lowest BCUT2D eigenvalue weighted by Gasteiger charge is -2.12. The van der Waals surface area contributed by atoms with Crippen molar-refractivity contribution in [2.24, 2.45) is 0 Å². The van der Waals surface area contributed by atoms with E-state index in [1.807, 2.05) is 0 Å². The average molecular weight is 497 g/mol. The monoisotopic (exact) mass is 496 g/mol. The van der Waals surface area contributed by atoms with Gasteiger partial charge in [-0.3, -0.25) is 4.79 Å².